The van der Waals surface area contributed by atoms with E-state index in [0.717, 1.165) is 0 Å². The van der Waals surface area contributed by atoms with Gasteiger partial charge in [-0.15, -0.1) is 0 Å². The Balaban J connectivity index is 3.34. The van der Waals surface area contributed by atoms with Crippen LogP contribution >= 0.6 is 8.25 Å². The van der Waals surface area contributed by atoms with Crippen LogP contribution in [0.1, 0.15) is 13.8 Å². The van der Waals surface area contributed by atoms with Gasteiger partial charge in [0.05, 0.1) is 25.4 Å². The second-order valence-electron chi connectivity index (χ2n) is 2.57. The van der Waals surface area contributed by atoms with Crippen LogP contribution in [0.2, 0.25) is 0 Å². The largest absolute Gasteiger partial charge is 0.391 e. The number of rotatable bonds is 6. The van der Waals surface area contributed by atoms with E-state index in [1.165, 1.54) is 13.8 Å². The molecule has 0 spiro atoms. The quantitative estimate of drug-likeness (QED) is 0.595. The Morgan fingerprint density at radius 3 is 1.75 bits per heavy atom. The zero-order valence-electron chi connectivity index (χ0n) is 7.19. The van der Waals surface area contributed by atoms with Crippen molar-refractivity contribution in [2.24, 2.45) is 0 Å². The van der Waals surface area contributed by atoms with E-state index in [-0.39, 0.29) is 13.2 Å². The van der Waals surface area contributed by atoms with Gasteiger partial charge in [-0.25, -0.2) is 0 Å². The molecule has 0 radical (unpaired) electrons. The first-order valence-electron chi connectivity index (χ1n) is 3.68. The maximum absolute atomic E-state index is 10.8. The van der Waals surface area contributed by atoms with Crippen molar-refractivity contribution in [3.05, 3.63) is 0 Å². The fourth-order valence-electron chi connectivity index (χ4n) is 0.419. The first-order valence-corrected chi connectivity index (χ1v) is 4.90. The molecule has 0 bridgehead atoms. The lowest BCUT2D eigenvalue weighted by molar-refractivity contribution is 0.0897. The first-order chi connectivity index (χ1) is 5.52. The molecular weight excluding hydrogens is 183 g/mol. The van der Waals surface area contributed by atoms with Crippen LogP contribution in [0.5, 0.6) is 0 Å². The van der Waals surface area contributed by atoms with Crippen molar-refractivity contribution in [1.82, 2.24) is 0 Å². The van der Waals surface area contributed by atoms with Gasteiger partial charge < -0.3 is 19.3 Å². The van der Waals surface area contributed by atoms with Crippen LogP contribution in [0, 0.1) is 0 Å². The van der Waals surface area contributed by atoms with Crippen molar-refractivity contribution in [3.63, 3.8) is 0 Å². The highest BCUT2D eigenvalue weighted by molar-refractivity contribution is 7.33. The smallest absolute Gasteiger partial charge is 0.319 e. The van der Waals surface area contributed by atoms with E-state index in [0.29, 0.717) is 0 Å². The van der Waals surface area contributed by atoms with Gasteiger partial charge in [-0.05, 0) is 13.8 Å². The summed E-state index contributed by atoms with van der Waals surface area (Å²) in [5, 5.41) is 17.5. The molecule has 0 aromatic carbocycles. The van der Waals surface area contributed by atoms with E-state index in [9.17, 15) is 4.57 Å². The normalized spacial score (nSPS) is 18.7. The van der Waals surface area contributed by atoms with Crippen LogP contribution < -0.4 is 0 Å². The molecular formula is C6H15O5P. The molecule has 0 aromatic rings. The summed E-state index contributed by atoms with van der Waals surface area (Å²) in [7, 11) is -2.55. The fourth-order valence-corrected chi connectivity index (χ4v) is 1.26. The van der Waals surface area contributed by atoms with Gasteiger partial charge in [0, 0.05) is 0 Å². The van der Waals surface area contributed by atoms with E-state index in [2.05, 4.69) is 9.05 Å². The molecule has 0 aromatic heterocycles. The van der Waals surface area contributed by atoms with Crippen molar-refractivity contribution in [3.8, 4) is 0 Å². The molecule has 0 aliphatic rings. The highest BCUT2D eigenvalue weighted by Gasteiger charge is 2.04. The maximum Gasteiger partial charge on any atom is 0.319 e. The Morgan fingerprint density at radius 2 is 1.50 bits per heavy atom. The van der Waals surface area contributed by atoms with Gasteiger partial charge in [0.1, 0.15) is 0 Å². The van der Waals surface area contributed by atoms with Crippen LogP contribution in [0.25, 0.3) is 0 Å². The second-order valence-corrected chi connectivity index (χ2v) is 3.65. The van der Waals surface area contributed by atoms with Crippen molar-refractivity contribution in [2.75, 3.05) is 13.2 Å². The molecule has 0 heterocycles. The molecule has 0 aliphatic carbocycles. The number of hydrogen-bond acceptors (Lipinski definition) is 5. The van der Waals surface area contributed by atoms with Crippen LogP contribution in [-0.2, 0) is 13.6 Å². The average Bonchev–Trinajstić information content (AvgIpc) is 1.96. The second kappa shape index (κ2) is 6.57. The van der Waals surface area contributed by atoms with Gasteiger partial charge in [-0.3, -0.25) is 4.57 Å². The third-order valence-corrected chi connectivity index (χ3v) is 1.69. The Morgan fingerprint density at radius 1 is 1.17 bits per heavy atom. The van der Waals surface area contributed by atoms with E-state index in [4.69, 9.17) is 10.2 Å². The lowest BCUT2D eigenvalue weighted by atomic mass is 10.5. The van der Waals surface area contributed by atoms with Crippen LogP contribution in [0.3, 0.4) is 0 Å². The van der Waals surface area contributed by atoms with Crippen molar-refractivity contribution in [1.29, 1.82) is 0 Å². The molecule has 0 fully saturated rings. The monoisotopic (exact) mass is 198 g/mol. The highest BCUT2D eigenvalue weighted by Crippen LogP contribution is 2.23. The molecule has 2 unspecified atom stereocenters. The SMILES string of the molecule is CC(O)CO[PH](=O)OCC(C)O. The molecule has 0 aliphatic heterocycles. The molecule has 5 nitrogen and oxygen atoms in total. The summed E-state index contributed by atoms with van der Waals surface area (Å²) in [6.45, 7) is 3.00. The van der Waals surface area contributed by atoms with Crippen LogP contribution in [0.15, 0.2) is 0 Å². The zero-order chi connectivity index (χ0) is 9.56. The summed E-state index contributed by atoms with van der Waals surface area (Å²) >= 11 is 0. The molecule has 0 saturated heterocycles. The van der Waals surface area contributed by atoms with Gasteiger partial charge in [0.2, 0.25) is 0 Å². The minimum atomic E-state index is -2.55. The summed E-state index contributed by atoms with van der Waals surface area (Å²) in [4.78, 5) is 0. The molecule has 2 N–H and O–H groups in total. The topological polar surface area (TPSA) is 76.0 Å². The Kier molecular flexibility index (Phi) is 6.61. The maximum atomic E-state index is 10.8. The van der Waals surface area contributed by atoms with Gasteiger partial charge in [-0.2, -0.15) is 0 Å². The van der Waals surface area contributed by atoms with Crippen molar-refractivity contribution >= 4 is 8.25 Å². The van der Waals surface area contributed by atoms with Gasteiger partial charge in [0.15, 0.2) is 0 Å². The third kappa shape index (κ3) is 8.17. The molecule has 0 amide bonds. The standard InChI is InChI=1S/C6H15O5P/c1-5(7)3-10-12(9)11-4-6(2)8/h5-8,12H,3-4H2,1-2H3. The molecule has 74 valence electrons. The summed E-state index contributed by atoms with van der Waals surface area (Å²) < 4.78 is 20.0. The third-order valence-electron chi connectivity index (χ3n) is 0.885. The molecule has 0 rings (SSSR count). The van der Waals surface area contributed by atoms with Crippen LogP contribution in [-0.4, -0.2) is 35.6 Å². The van der Waals surface area contributed by atoms with Gasteiger partial charge in [-0.1, -0.05) is 0 Å². The fraction of sp³-hybridized carbons (Fsp3) is 1.00. The number of aliphatic hydroxyl groups excluding tert-OH is 2. The molecule has 2 atom stereocenters. The molecule has 6 heteroatoms. The van der Waals surface area contributed by atoms with Crippen molar-refractivity contribution in [2.45, 2.75) is 26.1 Å². The summed E-state index contributed by atoms with van der Waals surface area (Å²) in [5.41, 5.74) is 0. The van der Waals surface area contributed by atoms with Gasteiger partial charge in [0.25, 0.3) is 0 Å². The lowest BCUT2D eigenvalue weighted by Crippen LogP contribution is -2.10. The minimum absolute atomic E-state index is 0.0163. The van der Waals surface area contributed by atoms with E-state index in [1.54, 1.807) is 0 Å². The molecule has 0 saturated carbocycles. The Hall–Kier alpha value is 0.0700. The predicted molar refractivity (Wildman–Crippen MR) is 44.3 cm³/mol. The predicted octanol–water partition coefficient (Wildman–Crippen LogP) is 0.171. The summed E-state index contributed by atoms with van der Waals surface area (Å²) in [6, 6.07) is 0. The van der Waals surface area contributed by atoms with Crippen LogP contribution in [0.4, 0.5) is 0 Å². The highest BCUT2D eigenvalue weighted by atomic mass is 31.1. The molecule has 12 heavy (non-hydrogen) atoms. The Bertz CT molecular complexity index is 122. The summed E-state index contributed by atoms with van der Waals surface area (Å²) in [6.07, 6.45) is -1.32. The Labute approximate surface area is 72.3 Å². The lowest BCUT2D eigenvalue weighted by Gasteiger charge is -2.07. The van der Waals surface area contributed by atoms with E-state index in [1.807, 2.05) is 0 Å². The van der Waals surface area contributed by atoms with Gasteiger partial charge >= 0.3 is 8.25 Å². The van der Waals surface area contributed by atoms with E-state index >= 15 is 0 Å². The average molecular weight is 198 g/mol. The number of aliphatic hydroxyl groups is 2. The zero-order valence-corrected chi connectivity index (χ0v) is 8.19. The van der Waals surface area contributed by atoms with Crippen molar-refractivity contribution < 1.29 is 23.8 Å². The van der Waals surface area contributed by atoms with E-state index < -0.39 is 20.5 Å². The minimum Gasteiger partial charge on any atom is -0.391 e. The first kappa shape index (κ1) is 12.1. The summed E-state index contributed by atoms with van der Waals surface area (Å²) in [5.74, 6) is 0. The number of hydrogen-bond donors (Lipinski definition) is 2.